The summed E-state index contributed by atoms with van der Waals surface area (Å²) < 4.78 is 31.8. The molecule has 7 heteroatoms. The number of hydrogen-bond acceptors (Lipinski definition) is 3. The summed E-state index contributed by atoms with van der Waals surface area (Å²) >= 11 is 6.20. The van der Waals surface area contributed by atoms with Gasteiger partial charge >= 0.3 is 0 Å². The molecule has 5 rings (SSSR count). The Labute approximate surface area is 197 Å². The van der Waals surface area contributed by atoms with Crippen LogP contribution in [0, 0.1) is 13.8 Å². The molecule has 0 saturated carbocycles. The first-order chi connectivity index (χ1) is 15.7. The van der Waals surface area contributed by atoms with Crippen LogP contribution in [0.2, 0.25) is 5.02 Å². The summed E-state index contributed by atoms with van der Waals surface area (Å²) in [5.41, 5.74) is 4.51. The van der Waals surface area contributed by atoms with Crippen molar-refractivity contribution < 1.29 is 12.6 Å². The lowest BCUT2D eigenvalue weighted by atomic mass is 9.80. The standard InChI is InChI=1S/C26H23ClN2O3S/c1-16-4-10-24-20(12-16)22(14-28-24)26(32-33(3,30)31,18-6-8-19(27)9-7-18)23-15-29-25-11-5-17(2)13-21(23)25/h4-15,28-29H,1-3H3. The Kier molecular flexibility index (Phi) is 5.12. The van der Waals surface area contributed by atoms with Gasteiger partial charge in [0, 0.05) is 50.3 Å². The van der Waals surface area contributed by atoms with Crippen molar-refractivity contribution >= 4 is 43.5 Å². The summed E-state index contributed by atoms with van der Waals surface area (Å²) in [6, 6.07) is 19.2. The van der Waals surface area contributed by atoms with Crippen molar-refractivity contribution in [2.45, 2.75) is 19.4 Å². The van der Waals surface area contributed by atoms with Gasteiger partial charge in [0.1, 0.15) is 0 Å². The second-order valence-electron chi connectivity index (χ2n) is 8.48. The fourth-order valence-electron chi connectivity index (χ4n) is 4.56. The lowest BCUT2D eigenvalue weighted by Crippen LogP contribution is -2.34. The second kappa shape index (κ2) is 7.76. The third kappa shape index (κ3) is 3.74. The fourth-order valence-corrected chi connectivity index (χ4v) is 5.41. The second-order valence-corrected chi connectivity index (χ2v) is 10.5. The monoisotopic (exact) mass is 478 g/mol. The molecule has 0 radical (unpaired) electrons. The molecule has 0 aliphatic carbocycles. The van der Waals surface area contributed by atoms with Gasteiger partial charge in [-0.2, -0.15) is 8.42 Å². The van der Waals surface area contributed by atoms with Gasteiger partial charge in [-0.25, -0.2) is 4.18 Å². The maximum Gasteiger partial charge on any atom is 0.265 e. The predicted octanol–water partition coefficient (Wildman–Crippen LogP) is 6.19. The van der Waals surface area contributed by atoms with Gasteiger partial charge in [0.15, 0.2) is 5.60 Å². The highest BCUT2D eigenvalue weighted by Gasteiger charge is 2.44. The van der Waals surface area contributed by atoms with Crippen molar-refractivity contribution in [1.82, 2.24) is 9.97 Å². The van der Waals surface area contributed by atoms with Gasteiger partial charge in [0.2, 0.25) is 0 Å². The van der Waals surface area contributed by atoms with E-state index in [1.807, 2.05) is 74.8 Å². The van der Waals surface area contributed by atoms with E-state index in [4.69, 9.17) is 15.8 Å². The molecule has 3 aromatic carbocycles. The van der Waals surface area contributed by atoms with E-state index >= 15 is 0 Å². The molecular formula is C26H23ClN2O3S. The minimum Gasteiger partial charge on any atom is -0.361 e. The summed E-state index contributed by atoms with van der Waals surface area (Å²) in [4.78, 5) is 6.60. The third-order valence-electron chi connectivity index (χ3n) is 5.96. The van der Waals surface area contributed by atoms with Gasteiger partial charge in [-0.1, -0.05) is 47.0 Å². The van der Waals surface area contributed by atoms with Crippen LogP contribution in [0.4, 0.5) is 0 Å². The molecule has 168 valence electrons. The highest BCUT2D eigenvalue weighted by molar-refractivity contribution is 7.86. The topological polar surface area (TPSA) is 75.0 Å². The first-order valence-corrected chi connectivity index (χ1v) is 12.7. The summed E-state index contributed by atoms with van der Waals surface area (Å²) in [5, 5.41) is 2.32. The number of aromatic amines is 2. The zero-order valence-electron chi connectivity index (χ0n) is 18.4. The fraction of sp³-hybridized carbons (Fsp3) is 0.154. The number of benzene rings is 3. The molecule has 2 heterocycles. The number of hydrogen-bond donors (Lipinski definition) is 2. The Morgan fingerprint density at radius 3 is 1.73 bits per heavy atom. The van der Waals surface area contributed by atoms with E-state index in [1.54, 1.807) is 12.1 Å². The zero-order valence-corrected chi connectivity index (χ0v) is 20.0. The van der Waals surface area contributed by atoms with E-state index in [-0.39, 0.29) is 0 Å². The highest BCUT2D eigenvalue weighted by Crippen LogP contribution is 2.47. The average Bonchev–Trinajstić information content (AvgIpc) is 3.36. The van der Waals surface area contributed by atoms with Gasteiger partial charge < -0.3 is 9.97 Å². The minimum atomic E-state index is -3.91. The molecular weight excluding hydrogens is 456 g/mol. The smallest absolute Gasteiger partial charge is 0.265 e. The van der Waals surface area contributed by atoms with Crippen LogP contribution in [-0.2, 0) is 19.9 Å². The van der Waals surface area contributed by atoms with Crippen LogP contribution in [0.3, 0.4) is 0 Å². The Hall–Kier alpha value is -3.06. The van der Waals surface area contributed by atoms with Crippen LogP contribution in [0.5, 0.6) is 0 Å². The molecule has 0 atom stereocenters. The van der Waals surface area contributed by atoms with Crippen molar-refractivity contribution in [2.75, 3.05) is 6.26 Å². The van der Waals surface area contributed by atoms with Gasteiger partial charge in [-0.3, -0.25) is 0 Å². The quantitative estimate of drug-likeness (QED) is 0.296. The lowest BCUT2D eigenvalue weighted by molar-refractivity contribution is 0.169. The van der Waals surface area contributed by atoms with Crippen molar-refractivity contribution in [3.8, 4) is 0 Å². The molecule has 0 aliphatic heterocycles. The number of H-pyrrole nitrogens is 2. The SMILES string of the molecule is Cc1ccc2[nH]cc(C(OS(C)(=O)=O)(c3ccc(Cl)cc3)c3c[nH]c4ccc(C)cc34)c2c1. The summed E-state index contributed by atoms with van der Waals surface area (Å²) in [7, 11) is -3.91. The van der Waals surface area contributed by atoms with Crippen LogP contribution in [0.1, 0.15) is 27.8 Å². The lowest BCUT2D eigenvalue weighted by Gasteiger charge is -2.33. The number of halogens is 1. The molecule has 0 fully saturated rings. The highest BCUT2D eigenvalue weighted by atomic mass is 35.5. The van der Waals surface area contributed by atoms with Crippen LogP contribution in [0.25, 0.3) is 21.8 Å². The Morgan fingerprint density at radius 1 is 0.788 bits per heavy atom. The van der Waals surface area contributed by atoms with E-state index in [9.17, 15) is 8.42 Å². The Bertz CT molecular complexity index is 1520. The van der Waals surface area contributed by atoms with Crippen molar-refractivity contribution in [3.63, 3.8) is 0 Å². The largest absolute Gasteiger partial charge is 0.361 e. The maximum atomic E-state index is 12.8. The van der Waals surface area contributed by atoms with E-state index in [0.29, 0.717) is 21.7 Å². The van der Waals surface area contributed by atoms with E-state index in [1.165, 1.54) is 0 Å². The first kappa shape index (κ1) is 21.8. The van der Waals surface area contributed by atoms with Crippen LogP contribution < -0.4 is 0 Å². The first-order valence-electron chi connectivity index (χ1n) is 10.5. The number of fused-ring (bicyclic) bond motifs is 2. The van der Waals surface area contributed by atoms with E-state index < -0.39 is 15.7 Å². The summed E-state index contributed by atoms with van der Waals surface area (Å²) in [5.74, 6) is 0. The molecule has 5 aromatic rings. The normalized spacial score (nSPS) is 12.6. The van der Waals surface area contributed by atoms with Crippen molar-refractivity contribution in [2.24, 2.45) is 0 Å². The molecule has 33 heavy (non-hydrogen) atoms. The molecule has 0 bridgehead atoms. The number of nitrogens with one attached hydrogen (secondary N) is 2. The van der Waals surface area contributed by atoms with Crippen molar-refractivity contribution in [1.29, 1.82) is 0 Å². The van der Waals surface area contributed by atoms with Gasteiger partial charge in [0.25, 0.3) is 10.1 Å². The Morgan fingerprint density at radius 2 is 1.27 bits per heavy atom. The zero-order chi connectivity index (χ0) is 23.4. The van der Waals surface area contributed by atoms with Crippen LogP contribution >= 0.6 is 11.6 Å². The average molecular weight is 479 g/mol. The molecule has 0 amide bonds. The van der Waals surface area contributed by atoms with Crippen LogP contribution in [0.15, 0.2) is 73.1 Å². The van der Waals surface area contributed by atoms with Crippen molar-refractivity contribution in [3.05, 3.63) is 106 Å². The molecule has 0 saturated heterocycles. The molecule has 0 aliphatic rings. The maximum absolute atomic E-state index is 12.8. The third-order valence-corrected chi connectivity index (χ3v) is 6.76. The molecule has 0 unspecified atom stereocenters. The van der Waals surface area contributed by atoms with Gasteiger partial charge in [-0.05, 0) is 55.8 Å². The van der Waals surface area contributed by atoms with Crippen LogP contribution in [-0.4, -0.2) is 24.6 Å². The number of aromatic nitrogens is 2. The van der Waals surface area contributed by atoms with E-state index in [0.717, 1.165) is 39.2 Å². The number of aryl methyl sites for hydroxylation is 2. The predicted molar refractivity (Wildman–Crippen MR) is 133 cm³/mol. The Balaban J connectivity index is 1.97. The molecule has 0 spiro atoms. The minimum absolute atomic E-state index is 0.552. The molecule has 2 aromatic heterocycles. The van der Waals surface area contributed by atoms with Gasteiger partial charge in [-0.15, -0.1) is 0 Å². The van der Waals surface area contributed by atoms with E-state index in [2.05, 4.69) is 9.97 Å². The summed E-state index contributed by atoms with van der Waals surface area (Å²) in [6.07, 6.45) is 4.74. The van der Waals surface area contributed by atoms with Gasteiger partial charge in [0.05, 0.1) is 6.26 Å². The number of rotatable bonds is 5. The molecule has 2 N–H and O–H groups in total. The molecule has 5 nitrogen and oxygen atoms in total. The summed E-state index contributed by atoms with van der Waals surface area (Å²) in [6.45, 7) is 4.01.